The van der Waals surface area contributed by atoms with E-state index in [9.17, 15) is 4.79 Å². The maximum atomic E-state index is 12.6. The summed E-state index contributed by atoms with van der Waals surface area (Å²) in [5.41, 5.74) is 2.77. The molecular weight excluding hydrogens is 444 g/mol. The predicted molar refractivity (Wildman–Crippen MR) is 154 cm³/mol. The molecule has 0 heterocycles. The zero-order valence-corrected chi connectivity index (χ0v) is 24.7. The molecule has 0 spiro atoms. The first-order chi connectivity index (χ1) is 16.8. The van der Waals surface area contributed by atoms with Crippen molar-refractivity contribution in [2.75, 3.05) is 0 Å². The van der Waals surface area contributed by atoms with E-state index in [1.165, 1.54) is 96.3 Å². The topological polar surface area (TPSA) is 17.1 Å². The molecule has 3 fully saturated rings. The van der Waals surface area contributed by atoms with Crippen LogP contribution in [0.5, 0.6) is 0 Å². The van der Waals surface area contributed by atoms with E-state index in [0.29, 0.717) is 27.1 Å². The number of hydrogen-bond donors (Lipinski definition) is 0. The molecule has 0 aromatic rings. The van der Waals surface area contributed by atoms with Crippen molar-refractivity contribution in [1.29, 1.82) is 0 Å². The lowest BCUT2D eigenvalue weighted by Gasteiger charge is -2.58. The van der Waals surface area contributed by atoms with Gasteiger partial charge in [-0.1, -0.05) is 103 Å². The molecule has 0 aromatic heterocycles. The van der Waals surface area contributed by atoms with E-state index in [0.717, 1.165) is 36.5 Å². The summed E-state index contributed by atoms with van der Waals surface area (Å²) in [6, 6.07) is 0. The van der Waals surface area contributed by atoms with Crippen LogP contribution in [0, 0.1) is 40.4 Å². The Labute approximate surface area is 222 Å². The first-order valence-electron chi connectivity index (χ1n) is 15.7. The Kier molecular flexibility index (Phi) is 9.59. The summed E-state index contributed by atoms with van der Waals surface area (Å²) in [5, 5.41) is 0.975. The highest BCUT2D eigenvalue weighted by atomic mass is 32.2. The second kappa shape index (κ2) is 12.1. The highest BCUT2D eigenvalue weighted by Gasteiger charge is 2.58. The summed E-state index contributed by atoms with van der Waals surface area (Å²) < 4.78 is 0. The van der Waals surface area contributed by atoms with Crippen molar-refractivity contribution in [3.8, 4) is 0 Å². The minimum absolute atomic E-state index is 0.415. The fourth-order valence-electron chi connectivity index (χ4n) is 9.15. The van der Waals surface area contributed by atoms with Gasteiger partial charge in [-0.3, -0.25) is 4.79 Å². The molecule has 3 saturated carbocycles. The summed E-state index contributed by atoms with van der Waals surface area (Å²) in [5.74, 6) is 4.31. The highest BCUT2D eigenvalue weighted by Crippen LogP contribution is 2.67. The summed E-state index contributed by atoms with van der Waals surface area (Å²) in [6.45, 7) is 12.1. The molecule has 4 aliphatic rings. The van der Waals surface area contributed by atoms with Gasteiger partial charge in [-0.25, -0.2) is 0 Å². The van der Waals surface area contributed by atoms with Gasteiger partial charge in [0, 0.05) is 11.7 Å². The quantitative estimate of drug-likeness (QED) is 0.207. The Balaban J connectivity index is 1.35. The van der Waals surface area contributed by atoms with Crippen LogP contribution in [0.25, 0.3) is 0 Å². The largest absolute Gasteiger partial charge is 0.287 e. The third-order valence-electron chi connectivity index (χ3n) is 11.7. The summed E-state index contributed by atoms with van der Waals surface area (Å²) in [4.78, 5) is 12.6. The van der Waals surface area contributed by atoms with Crippen LogP contribution < -0.4 is 0 Å². The van der Waals surface area contributed by atoms with Gasteiger partial charge in [-0.2, -0.15) is 0 Å². The van der Waals surface area contributed by atoms with Crippen molar-refractivity contribution in [1.82, 2.24) is 0 Å². The van der Waals surface area contributed by atoms with Crippen molar-refractivity contribution >= 4 is 16.9 Å². The molecule has 0 unspecified atom stereocenters. The van der Waals surface area contributed by atoms with Crippen molar-refractivity contribution in [2.24, 2.45) is 40.4 Å². The molecule has 0 bridgehead atoms. The van der Waals surface area contributed by atoms with Crippen LogP contribution in [0.1, 0.15) is 144 Å². The van der Waals surface area contributed by atoms with E-state index in [4.69, 9.17) is 0 Å². The van der Waals surface area contributed by atoms with Crippen LogP contribution in [-0.4, -0.2) is 10.4 Å². The van der Waals surface area contributed by atoms with E-state index < -0.39 is 0 Å². The number of rotatable bonds is 11. The van der Waals surface area contributed by atoms with Gasteiger partial charge in [0.2, 0.25) is 0 Å². The molecule has 4 rings (SSSR count). The maximum absolute atomic E-state index is 12.6. The summed E-state index contributed by atoms with van der Waals surface area (Å²) >= 11 is 1.70. The molecular formula is C33H56OS. The summed E-state index contributed by atoms with van der Waals surface area (Å²) in [7, 11) is 0. The molecule has 0 amide bonds. The molecule has 0 aromatic carbocycles. The number of carbonyl (C=O) groups excluding carboxylic acids is 1. The van der Waals surface area contributed by atoms with Crippen LogP contribution in [0.4, 0.5) is 0 Å². The number of thioether (sulfide) groups is 1. The monoisotopic (exact) mass is 500 g/mol. The van der Waals surface area contributed by atoms with Crippen LogP contribution in [0.2, 0.25) is 0 Å². The zero-order chi connectivity index (χ0) is 25.1. The standard InChI is InChI=1S/C33H56OS/c1-6-8-9-10-11-12-13-25-15-17-29-28-16-14-26-23-27(35-31(34)22-24(3)7-2)18-20-33(26,5)30(28)19-21-32(25,29)4/h14,24-25,27-30H,6-13,15-23H2,1-5H3/t24-,25-,27+,28+,29-,30-,32-,33+/m1/s1. The minimum atomic E-state index is 0.415. The Hall–Kier alpha value is -0.240. The van der Waals surface area contributed by atoms with Gasteiger partial charge >= 0.3 is 0 Å². The van der Waals surface area contributed by atoms with E-state index in [1.807, 2.05) is 0 Å². The second-order valence-corrected chi connectivity index (χ2v) is 15.1. The molecule has 1 nitrogen and oxygen atoms in total. The van der Waals surface area contributed by atoms with Crippen LogP contribution >= 0.6 is 11.8 Å². The van der Waals surface area contributed by atoms with Crippen LogP contribution in [-0.2, 0) is 4.79 Å². The van der Waals surface area contributed by atoms with Gasteiger partial charge in [-0.05, 0) is 98.2 Å². The fraction of sp³-hybridized carbons (Fsp3) is 0.909. The molecule has 35 heavy (non-hydrogen) atoms. The smallest absolute Gasteiger partial charge is 0.189 e. The van der Waals surface area contributed by atoms with Crippen LogP contribution in [0.15, 0.2) is 11.6 Å². The lowest BCUT2D eigenvalue weighted by Crippen LogP contribution is -2.50. The number of fused-ring (bicyclic) bond motifs is 5. The van der Waals surface area contributed by atoms with Gasteiger partial charge in [0.1, 0.15) is 0 Å². The van der Waals surface area contributed by atoms with Crippen molar-refractivity contribution in [2.45, 2.75) is 149 Å². The molecule has 0 aliphatic heterocycles. The predicted octanol–water partition coefficient (Wildman–Crippen LogP) is 10.4. The van der Waals surface area contributed by atoms with Gasteiger partial charge in [0.15, 0.2) is 5.12 Å². The molecule has 0 saturated heterocycles. The number of allylic oxidation sites excluding steroid dienone is 2. The van der Waals surface area contributed by atoms with Crippen molar-refractivity contribution in [3.63, 3.8) is 0 Å². The van der Waals surface area contributed by atoms with E-state index in [1.54, 1.807) is 17.3 Å². The van der Waals surface area contributed by atoms with Gasteiger partial charge in [-0.15, -0.1) is 0 Å². The lowest BCUT2D eigenvalue weighted by molar-refractivity contribution is -0.111. The number of carbonyl (C=O) groups is 1. The van der Waals surface area contributed by atoms with Gasteiger partial charge < -0.3 is 0 Å². The van der Waals surface area contributed by atoms with Gasteiger partial charge in [0.25, 0.3) is 0 Å². The molecule has 4 aliphatic carbocycles. The number of unbranched alkanes of at least 4 members (excludes halogenated alkanes) is 5. The summed E-state index contributed by atoms with van der Waals surface area (Å²) in [6.07, 6.45) is 25.7. The number of hydrogen-bond acceptors (Lipinski definition) is 2. The Bertz CT molecular complexity index is 741. The first kappa shape index (κ1) is 27.8. The molecule has 200 valence electrons. The van der Waals surface area contributed by atoms with E-state index in [2.05, 4.69) is 40.7 Å². The Morgan fingerprint density at radius 2 is 1.77 bits per heavy atom. The van der Waals surface area contributed by atoms with Gasteiger partial charge in [0.05, 0.1) is 0 Å². The first-order valence-corrected chi connectivity index (χ1v) is 16.6. The van der Waals surface area contributed by atoms with Crippen LogP contribution in [0.3, 0.4) is 0 Å². The fourth-order valence-corrected chi connectivity index (χ4v) is 10.4. The zero-order valence-electron chi connectivity index (χ0n) is 23.9. The maximum Gasteiger partial charge on any atom is 0.189 e. The van der Waals surface area contributed by atoms with Crippen molar-refractivity contribution in [3.05, 3.63) is 11.6 Å². The van der Waals surface area contributed by atoms with Crippen molar-refractivity contribution < 1.29 is 4.79 Å². The molecule has 2 heteroatoms. The van der Waals surface area contributed by atoms with E-state index in [-0.39, 0.29) is 0 Å². The normalized spacial score (nSPS) is 39.3. The minimum Gasteiger partial charge on any atom is -0.287 e. The molecule has 0 radical (unpaired) electrons. The third kappa shape index (κ3) is 5.93. The SMILES string of the molecule is CCCCCCCC[C@@H]1CC[C@@H]2[C@@H]3CC=C4C[C@@H](SC(=O)C[C@H](C)CC)CC[C@]4(C)[C@@H]3CC[C@]12C. The Morgan fingerprint density at radius 1 is 1.00 bits per heavy atom. The average molecular weight is 501 g/mol. The Morgan fingerprint density at radius 3 is 2.54 bits per heavy atom. The molecule has 0 N–H and O–H groups in total. The third-order valence-corrected chi connectivity index (χ3v) is 12.8. The molecule has 8 atom stereocenters. The highest BCUT2D eigenvalue weighted by molar-refractivity contribution is 8.14. The lowest BCUT2D eigenvalue weighted by atomic mass is 9.47. The van der Waals surface area contributed by atoms with E-state index >= 15 is 0 Å². The second-order valence-electron chi connectivity index (χ2n) is 13.7. The average Bonchev–Trinajstić information content (AvgIpc) is 3.17.